The Morgan fingerprint density at radius 2 is 1.05 bits per heavy atom. The van der Waals surface area contributed by atoms with Crippen molar-refractivity contribution in [3.05, 3.63) is 71.8 Å². The highest BCUT2D eigenvalue weighted by Crippen LogP contribution is 2.36. The SMILES string of the molecule is c1ccc([C@H]2OCCCO[C@@H]2c2ccccc2)cc1. The normalized spacial score (nSPS) is 23.8. The molecule has 0 aliphatic carbocycles. The third-order valence-electron chi connectivity index (χ3n) is 3.41. The lowest BCUT2D eigenvalue weighted by Gasteiger charge is -2.25. The van der Waals surface area contributed by atoms with Crippen LogP contribution in [0.15, 0.2) is 60.7 Å². The number of ether oxygens (including phenoxy) is 2. The number of rotatable bonds is 2. The summed E-state index contributed by atoms with van der Waals surface area (Å²) in [6.45, 7) is 1.51. The first kappa shape index (κ1) is 12.4. The van der Waals surface area contributed by atoms with E-state index in [1.54, 1.807) is 0 Å². The van der Waals surface area contributed by atoms with Gasteiger partial charge in [-0.25, -0.2) is 0 Å². The van der Waals surface area contributed by atoms with Gasteiger partial charge in [-0.3, -0.25) is 0 Å². The third-order valence-corrected chi connectivity index (χ3v) is 3.41. The van der Waals surface area contributed by atoms with E-state index in [9.17, 15) is 0 Å². The minimum Gasteiger partial charge on any atom is -0.370 e. The highest BCUT2D eigenvalue weighted by Gasteiger charge is 2.28. The Morgan fingerprint density at radius 1 is 0.632 bits per heavy atom. The van der Waals surface area contributed by atoms with Gasteiger partial charge in [0.2, 0.25) is 0 Å². The smallest absolute Gasteiger partial charge is 0.113 e. The molecule has 0 spiro atoms. The first-order chi connectivity index (χ1) is 9.45. The fraction of sp³-hybridized carbons (Fsp3) is 0.294. The van der Waals surface area contributed by atoms with Crippen LogP contribution in [0.4, 0.5) is 0 Å². The maximum atomic E-state index is 6.03. The van der Waals surface area contributed by atoms with Gasteiger partial charge < -0.3 is 9.47 Å². The maximum Gasteiger partial charge on any atom is 0.113 e. The van der Waals surface area contributed by atoms with E-state index in [4.69, 9.17) is 9.47 Å². The Kier molecular flexibility index (Phi) is 3.92. The molecule has 0 N–H and O–H groups in total. The molecule has 0 aromatic heterocycles. The van der Waals surface area contributed by atoms with Gasteiger partial charge in [0.05, 0.1) is 0 Å². The first-order valence-electron chi connectivity index (χ1n) is 6.78. The van der Waals surface area contributed by atoms with E-state index in [2.05, 4.69) is 24.3 Å². The van der Waals surface area contributed by atoms with Crippen molar-refractivity contribution in [3.63, 3.8) is 0 Å². The Balaban J connectivity index is 1.94. The predicted octanol–water partition coefficient (Wildman–Crippen LogP) is 3.91. The summed E-state index contributed by atoms with van der Waals surface area (Å²) in [5.74, 6) is 0. The standard InChI is InChI=1S/C17H18O2/c1-3-8-14(9-4-1)16-17(19-13-7-12-18-16)15-10-5-2-6-11-15/h1-6,8-11,16-17H,7,12-13H2/t16-,17-/m1/s1. The monoisotopic (exact) mass is 254 g/mol. The van der Waals surface area contributed by atoms with Gasteiger partial charge in [-0.2, -0.15) is 0 Å². The molecule has 0 unspecified atom stereocenters. The molecule has 2 nitrogen and oxygen atoms in total. The van der Waals surface area contributed by atoms with Crippen molar-refractivity contribution < 1.29 is 9.47 Å². The van der Waals surface area contributed by atoms with Crippen molar-refractivity contribution in [2.75, 3.05) is 13.2 Å². The molecule has 0 bridgehead atoms. The summed E-state index contributed by atoms with van der Waals surface area (Å²) in [6, 6.07) is 20.7. The molecule has 2 heteroatoms. The van der Waals surface area contributed by atoms with E-state index in [-0.39, 0.29) is 12.2 Å². The van der Waals surface area contributed by atoms with Gasteiger partial charge in [-0.1, -0.05) is 60.7 Å². The van der Waals surface area contributed by atoms with Crippen molar-refractivity contribution in [3.8, 4) is 0 Å². The molecule has 1 aliphatic rings. The third kappa shape index (κ3) is 2.86. The second-order valence-corrected chi connectivity index (χ2v) is 4.76. The fourth-order valence-corrected chi connectivity index (χ4v) is 2.48. The zero-order valence-corrected chi connectivity index (χ0v) is 10.9. The molecule has 0 saturated carbocycles. The van der Waals surface area contributed by atoms with Gasteiger partial charge in [0.1, 0.15) is 12.2 Å². The molecule has 1 aliphatic heterocycles. The van der Waals surface area contributed by atoms with Crippen LogP contribution < -0.4 is 0 Å². The van der Waals surface area contributed by atoms with Gasteiger partial charge in [0.25, 0.3) is 0 Å². The summed E-state index contributed by atoms with van der Waals surface area (Å²) >= 11 is 0. The van der Waals surface area contributed by atoms with Crippen LogP contribution >= 0.6 is 0 Å². The molecule has 2 atom stereocenters. The summed E-state index contributed by atoms with van der Waals surface area (Å²) in [4.78, 5) is 0. The average Bonchev–Trinajstić information content (AvgIpc) is 2.75. The minimum absolute atomic E-state index is 0.0221. The molecule has 98 valence electrons. The summed E-state index contributed by atoms with van der Waals surface area (Å²) in [5.41, 5.74) is 2.36. The second-order valence-electron chi connectivity index (χ2n) is 4.76. The fourth-order valence-electron chi connectivity index (χ4n) is 2.48. The van der Waals surface area contributed by atoms with Crippen LogP contribution in [0.25, 0.3) is 0 Å². The topological polar surface area (TPSA) is 18.5 Å². The molecule has 0 radical (unpaired) electrons. The van der Waals surface area contributed by atoms with E-state index in [0.717, 1.165) is 19.6 Å². The highest BCUT2D eigenvalue weighted by atomic mass is 16.5. The molecule has 1 saturated heterocycles. The molecule has 19 heavy (non-hydrogen) atoms. The average molecular weight is 254 g/mol. The Morgan fingerprint density at radius 3 is 1.47 bits per heavy atom. The zero-order chi connectivity index (χ0) is 12.9. The minimum atomic E-state index is -0.0221. The zero-order valence-electron chi connectivity index (χ0n) is 10.9. The summed E-state index contributed by atoms with van der Waals surface area (Å²) < 4.78 is 12.1. The van der Waals surface area contributed by atoms with E-state index >= 15 is 0 Å². The van der Waals surface area contributed by atoms with Crippen molar-refractivity contribution in [1.29, 1.82) is 0 Å². The maximum absolute atomic E-state index is 6.03. The van der Waals surface area contributed by atoms with Crippen LogP contribution in [0.2, 0.25) is 0 Å². The van der Waals surface area contributed by atoms with Crippen LogP contribution in [-0.2, 0) is 9.47 Å². The van der Waals surface area contributed by atoms with Crippen LogP contribution in [0.1, 0.15) is 29.8 Å². The quantitative estimate of drug-likeness (QED) is 0.809. The summed E-state index contributed by atoms with van der Waals surface area (Å²) in [7, 11) is 0. The number of hydrogen-bond acceptors (Lipinski definition) is 2. The van der Waals surface area contributed by atoms with E-state index in [0.29, 0.717) is 0 Å². The number of hydrogen-bond donors (Lipinski definition) is 0. The molecule has 1 fully saturated rings. The van der Waals surface area contributed by atoms with Crippen LogP contribution in [0.5, 0.6) is 0 Å². The van der Waals surface area contributed by atoms with Gasteiger partial charge in [0, 0.05) is 13.2 Å². The van der Waals surface area contributed by atoms with Crippen LogP contribution in [0, 0.1) is 0 Å². The van der Waals surface area contributed by atoms with Crippen LogP contribution in [-0.4, -0.2) is 13.2 Å². The van der Waals surface area contributed by atoms with Gasteiger partial charge in [-0.05, 0) is 17.5 Å². The lowest BCUT2D eigenvalue weighted by atomic mass is 9.98. The number of benzene rings is 2. The Labute approximate surface area is 114 Å². The van der Waals surface area contributed by atoms with Crippen molar-refractivity contribution >= 4 is 0 Å². The lowest BCUT2D eigenvalue weighted by molar-refractivity contribution is -0.0397. The molecular formula is C17H18O2. The molecule has 3 rings (SSSR count). The Bertz CT molecular complexity index is 448. The van der Waals surface area contributed by atoms with Crippen molar-refractivity contribution in [2.24, 2.45) is 0 Å². The second kappa shape index (κ2) is 6.00. The molecule has 2 aromatic rings. The summed E-state index contributed by atoms with van der Waals surface area (Å²) in [6.07, 6.45) is 0.907. The van der Waals surface area contributed by atoms with E-state index < -0.39 is 0 Å². The predicted molar refractivity (Wildman–Crippen MR) is 74.9 cm³/mol. The van der Waals surface area contributed by atoms with Gasteiger partial charge >= 0.3 is 0 Å². The molecule has 1 heterocycles. The van der Waals surface area contributed by atoms with Crippen molar-refractivity contribution in [2.45, 2.75) is 18.6 Å². The van der Waals surface area contributed by atoms with Crippen LogP contribution in [0.3, 0.4) is 0 Å². The van der Waals surface area contributed by atoms with Gasteiger partial charge in [-0.15, -0.1) is 0 Å². The summed E-state index contributed by atoms with van der Waals surface area (Å²) in [5, 5.41) is 0. The highest BCUT2D eigenvalue weighted by molar-refractivity contribution is 5.25. The Hall–Kier alpha value is -1.64. The first-order valence-corrected chi connectivity index (χ1v) is 6.78. The van der Waals surface area contributed by atoms with E-state index in [1.165, 1.54) is 11.1 Å². The lowest BCUT2D eigenvalue weighted by Crippen LogP contribution is -2.15. The molecule has 0 amide bonds. The molecular weight excluding hydrogens is 236 g/mol. The van der Waals surface area contributed by atoms with Crippen molar-refractivity contribution in [1.82, 2.24) is 0 Å². The molecule has 2 aromatic carbocycles. The van der Waals surface area contributed by atoms with E-state index in [1.807, 2.05) is 36.4 Å². The largest absolute Gasteiger partial charge is 0.370 e. The van der Waals surface area contributed by atoms with Gasteiger partial charge in [0.15, 0.2) is 0 Å².